The van der Waals surface area contributed by atoms with E-state index in [-0.39, 0.29) is 11.6 Å². The lowest BCUT2D eigenvalue weighted by Crippen LogP contribution is -2.01. The van der Waals surface area contributed by atoms with Gasteiger partial charge in [0, 0.05) is 0 Å². The molecule has 0 aliphatic heterocycles. The molecule has 0 fully saturated rings. The van der Waals surface area contributed by atoms with E-state index in [1.807, 2.05) is 0 Å². The minimum absolute atomic E-state index is 0.0531. The average Bonchev–Trinajstić information content (AvgIpc) is 2.03. The molecule has 0 bridgehead atoms. The van der Waals surface area contributed by atoms with Gasteiger partial charge in [-0.1, -0.05) is 0 Å². The van der Waals surface area contributed by atoms with Crippen LogP contribution in [0.4, 0.5) is 14.5 Å². The van der Waals surface area contributed by atoms with Crippen molar-refractivity contribution in [1.29, 1.82) is 0 Å². The number of alkyl halides is 2. The fourth-order valence-corrected chi connectivity index (χ4v) is 1.31. The number of hydrogen-bond acceptors (Lipinski definition) is 3. The standard InChI is InChI=1S/C7H7BrF2N2O/c1-13-7-3(8)2-4(11)5(12-7)6(9)10/h2,6H,11H2,1H3. The van der Waals surface area contributed by atoms with E-state index in [0.717, 1.165) is 0 Å². The van der Waals surface area contributed by atoms with E-state index in [4.69, 9.17) is 10.5 Å². The highest BCUT2D eigenvalue weighted by molar-refractivity contribution is 9.10. The molecule has 6 heteroatoms. The van der Waals surface area contributed by atoms with Gasteiger partial charge < -0.3 is 10.5 Å². The van der Waals surface area contributed by atoms with Crippen LogP contribution in [0.15, 0.2) is 10.5 Å². The van der Waals surface area contributed by atoms with Gasteiger partial charge in [0.15, 0.2) is 0 Å². The Morgan fingerprint density at radius 2 is 2.23 bits per heavy atom. The Kier molecular flexibility index (Phi) is 3.02. The number of nitrogens with two attached hydrogens (primary N) is 1. The summed E-state index contributed by atoms with van der Waals surface area (Å²) >= 11 is 3.08. The highest BCUT2D eigenvalue weighted by Crippen LogP contribution is 2.31. The van der Waals surface area contributed by atoms with Crippen LogP contribution in [-0.2, 0) is 0 Å². The molecule has 3 nitrogen and oxygen atoms in total. The molecule has 2 N–H and O–H groups in total. The van der Waals surface area contributed by atoms with E-state index in [2.05, 4.69) is 20.9 Å². The number of halogens is 3. The molecule has 0 radical (unpaired) electrons. The zero-order valence-electron chi connectivity index (χ0n) is 6.72. The van der Waals surface area contributed by atoms with Crippen molar-refractivity contribution in [3.8, 4) is 5.88 Å². The number of nitrogen functional groups attached to an aromatic ring is 1. The lowest BCUT2D eigenvalue weighted by Gasteiger charge is -2.07. The third-order valence-electron chi connectivity index (χ3n) is 1.40. The molecule has 1 aromatic rings. The van der Waals surface area contributed by atoms with Crippen LogP contribution in [-0.4, -0.2) is 12.1 Å². The van der Waals surface area contributed by atoms with Crippen molar-refractivity contribution < 1.29 is 13.5 Å². The fraction of sp³-hybridized carbons (Fsp3) is 0.286. The highest BCUT2D eigenvalue weighted by Gasteiger charge is 2.16. The zero-order chi connectivity index (χ0) is 10.0. The second kappa shape index (κ2) is 3.87. The first-order valence-corrected chi connectivity index (χ1v) is 4.13. The van der Waals surface area contributed by atoms with Gasteiger partial charge in [0.25, 0.3) is 6.43 Å². The average molecular weight is 253 g/mol. The van der Waals surface area contributed by atoms with Crippen LogP contribution in [0.25, 0.3) is 0 Å². The van der Waals surface area contributed by atoms with Gasteiger partial charge in [-0.15, -0.1) is 0 Å². The van der Waals surface area contributed by atoms with Crippen molar-refractivity contribution >= 4 is 21.6 Å². The Hall–Kier alpha value is -0.910. The van der Waals surface area contributed by atoms with Crippen molar-refractivity contribution in [3.05, 3.63) is 16.2 Å². The third-order valence-corrected chi connectivity index (χ3v) is 1.97. The molecule has 0 atom stereocenters. The molecular formula is C7H7BrF2N2O. The van der Waals surface area contributed by atoms with Gasteiger partial charge in [-0.05, 0) is 22.0 Å². The lowest BCUT2D eigenvalue weighted by atomic mass is 10.3. The fourth-order valence-electron chi connectivity index (χ4n) is 0.817. The maximum absolute atomic E-state index is 12.3. The van der Waals surface area contributed by atoms with E-state index in [0.29, 0.717) is 4.47 Å². The van der Waals surface area contributed by atoms with E-state index >= 15 is 0 Å². The van der Waals surface area contributed by atoms with Gasteiger partial charge >= 0.3 is 0 Å². The van der Waals surface area contributed by atoms with Crippen molar-refractivity contribution in [1.82, 2.24) is 4.98 Å². The molecule has 0 unspecified atom stereocenters. The summed E-state index contributed by atoms with van der Waals surface area (Å²) < 4.78 is 29.7. The van der Waals surface area contributed by atoms with E-state index < -0.39 is 12.1 Å². The number of anilines is 1. The van der Waals surface area contributed by atoms with Crippen LogP contribution in [0.3, 0.4) is 0 Å². The molecule has 1 heterocycles. The van der Waals surface area contributed by atoms with Crippen LogP contribution in [0, 0.1) is 0 Å². The first kappa shape index (κ1) is 10.2. The monoisotopic (exact) mass is 252 g/mol. The maximum Gasteiger partial charge on any atom is 0.282 e. The van der Waals surface area contributed by atoms with Crippen LogP contribution < -0.4 is 10.5 Å². The number of aromatic nitrogens is 1. The molecule has 0 aromatic carbocycles. The number of methoxy groups -OCH3 is 1. The predicted molar refractivity (Wildman–Crippen MR) is 47.9 cm³/mol. The largest absolute Gasteiger partial charge is 0.480 e. The summed E-state index contributed by atoms with van der Waals surface area (Å²) in [6.07, 6.45) is -2.69. The Morgan fingerprint density at radius 3 is 2.69 bits per heavy atom. The van der Waals surface area contributed by atoms with Gasteiger partial charge in [-0.3, -0.25) is 0 Å². The maximum atomic E-state index is 12.3. The third kappa shape index (κ3) is 2.06. The summed E-state index contributed by atoms with van der Waals surface area (Å²) in [4.78, 5) is 3.55. The summed E-state index contributed by atoms with van der Waals surface area (Å²) in [7, 11) is 1.35. The number of nitrogens with zero attached hydrogens (tertiary/aromatic N) is 1. The Labute approximate surface area is 82.0 Å². The van der Waals surface area contributed by atoms with Gasteiger partial charge in [0.1, 0.15) is 5.69 Å². The van der Waals surface area contributed by atoms with Crippen LogP contribution >= 0.6 is 15.9 Å². The van der Waals surface area contributed by atoms with E-state index in [1.165, 1.54) is 13.2 Å². The van der Waals surface area contributed by atoms with Crippen molar-refractivity contribution in [2.24, 2.45) is 0 Å². The predicted octanol–water partition coefficient (Wildman–Crippen LogP) is 2.37. The summed E-state index contributed by atoms with van der Waals surface area (Å²) in [6.45, 7) is 0. The Morgan fingerprint density at radius 1 is 1.62 bits per heavy atom. The lowest BCUT2D eigenvalue weighted by molar-refractivity contribution is 0.146. The second-order valence-corrected chi connectivity index (χ2v) is 3.11. The van der Waals surface area contributed by atoms with E-state index in [9.17, 15) is 8.78 Å². The molecule has 0 aliphatic rings. The van der Waals surface area contributed by atoms with Gasteiger partial charge in [-0.2, -0.15) is 0 Å². The molecule has 1 aromatic heterocycles. The normalized spacial score (nSPS) is 10.5. The molecular weight excluding hydrogens is 246 g/mol. The molecule has 0 saturated heterocycles. The summed E-state index contributed by atoms with van der Waals surface area (Å²) in [5, 5.41) is 0. The second-order valence-electron chi connectivity index (χ2n) is 2.25. The molecule has 72 valence electrons. The summed E-state index contributed by atoms with van der Waals surface area (Å²) in [5.74, 6) is 0.101. The number of pyridine rings is 1. The smallest absolute Gasteiger partial charge is 0.282 e. The van der Waals surface area contributed by atoms with E-state index in [1.54, 1.807) is 0 Å². The molecule has 1 rings (SSSR count). The quantitative estimate of drug-likeness (QED) is 0.880. The number of hydrogen-bond donors (Lipinski definition) is 1. The van der Waals surface area contributed by atoms with Gasteiger partial charge in [-0.25, -0.2) is 13.8 Å². The molecule has 0 aliphatic carbocycles. The molecule has 0 amide bonds. The first-order valence-electron chi connectivity index (χ1n) is 3.34. The highest BCUT2D eigenvalue weighted by atomic mass is 79.9. The number of ether oxygens (including phenoxy) is 1. The minimum atomic E-state index is -2.69. The van der Waals surface area contributed by atoms with Crippen molar-refractivity contribution in [3.63, 3.8) is 0 Å². The SMILES string of the molecule is COc1nc(C(F)F)c(N)cc1Br. The van der Waals surface area contributed by atoms with Crippen LogP contribution in [0.2, 0.25) is 0 Å². The zero-order valence-corrected chi connectivity index (χ0v) is 8.31. The first-order chi connectivity index (χ1) is 6.06. The minimum Gasteiger partial charge on any atom is -0.480 e. The Balaban J connectivity index is 3.22. The molecule has 13 heavy (non-hydrogen) atoms. The van der Waals surface area contributed by atoms with Crippen molar-refractivity contribution in [2.45, 2.75) is 6.43 Å². The summed E-state index contributed by atoms with van der Waals surface area (Å²) in [5.41, 5.74) is 4.81. The number of rotatable bonds is 2. The Bertz CT molecular complexity index is 320. The van der Waals surface area contributed by atoms with Crippen LogP contribution in [0.5, 0.6) is 5.88 Å². The molecule has 0 saturated carbocycles. The summed E-state index contributed by atoms with van der Waals surface area (Å²) in [6, 6.07) is 1.34. The van der Waals surface area contributed by atoms with Crippen LogP contribution in [0.1, 0.15) is 12.1 Å². The van der Waals surface area contributed by atoms with Crippen molar-refractivity contribution in [2.75, 3.05) is 12.8 Å². The topological polar surface area (TPSA) is 48.1 Å². The molecule has 0 spiro atoms. The van der Waals surface area contributed by atoms with Gasteiger partial charge in [0.05, 0.1) is 17.3 Å². The van der Waals surface area contributed by atoms with Gasteiger partial charge in [0.2, 0.25) is 5.88 Å².